The number of hydrogen-bond donors (Lipinski definition) is 4. The first kappa shape index (κ1) is 16.9. The summed E-state index contributed by atoms with van der Waals surface area (Å²) in [7, 11) is -3.34. The molecule has 5 N–H and O–H groups in total. The third-order valence-electron chi connectivity index (χ3n) is 0.996. The van der Waals surface area contributed by atoms with E-state index in [-0.39, 0.29) is 48.9 Å². The largest absolute Gasteiger partial charge is 2.00 e. The van der Waals surface area contributed by atoms with Gasteiger partial charge in [-0.3, -0.25) is 4.79 Å². The molecule has 0 aliphatic rings. The molecule has 8 nitrogen and oxygen atoms in total. The second kappa shape index (κ2) is 6.86. The molecule has 0 heterocycles. The first-order valence-corrected chi connectivity index (χ1v) is 4.63. The van der Waals surface area contributed by atoms with Crippen LogP contribution in [-0.2, 0) is 9.36 Å². The number of nitrogens with two attached hydrogens (primary N) is 1. The van der Waals surface area contributed by atoms with Crippen LogP contribution in [0.25, 0.3) is 0 Å². The van der Waals surface area contributed by atoms with Crippen LogP contribution in [-0.4, -0.2) is 94.2 Å². The van der Waals surface area contributed by atoms with Crippen molar-refractivity contribution in [1.82, 2.24) is 4.90 Å². The number of carboxylic acids is 1. The molecule has 10 heteroatoms. The van der Waals surface area contributed by atoms with E-state index in [1.54, 1.807) is 0 Å². The van der Waals surface area contributed by atoms with Gasteiger partial charge >= 0.3 is 62.6 Å². The van der Waals surface area contributed by atoms with Crippen LogP contribution in [0.15, 0.2) is 4.76 Å². The number of nitrogens with zero attached hydrogens (tertiary/aromatic N) is 2. The van der Waals surface area contributed by atoms with Crippen molar-refractivity contribution in [2.24, 2.45) is 10.5 Å². The molecule has 76 valence electrons. The smallest absolute Gasteiger partial charge is 0.480 e. The molecular weight excluding hydrogens is 338 g/mol. The molecule has 0 aliphatic heterocycles. The molecule has 0 bridgehead atoms. The number of rotatable bonds is 3. The van der Waals surface area contributed by atoms with Crippen LogP contribution < -0.4 is 5.73 Å². The van der Waals surface area contributed by atoms with Crippen LogP contribution in [0.5, 0.6) is 0 Å². The number of likely N-dealkylation sites (N-methyl/N-ethyl adjacent to an activating group) is 1. The third-order valence-corrected chi connectivity index (χ3v) is 1.46. The average molecular weight is 348 g/mol. The van der Waals surface area contributed by atoms with E-state index >= 15 is 0 Å². The molecule has 0 atom stereocenters. The summed E-state index contributed by atoms with van der Waals surface area (Å²) in [5.41, 5.74) is 5.07. The van der Waals surface area contributed by atoms with E-state index in [9.17, 15) is 9.36 Å². The van der Waals surface area contributed by atoms with Crippen molar-refractivity contribution >= 4 is 68.6 Å². The Kier molecular flexibility index (Phi) is 8.26. The fourth-order valence-corrected chi connectivity index (χ4v) is 0.913. The average Bonchev–Trinajstić information content (AvgIpc) is 1.81. The summed E-state index contributed by atoms with van der Waals surface area (Å²) in [5.74, 6) is -1.69. The number of hydrogen-bond acceptors (Lipinski definition) is 2. The van der Waals surface area contributed by atoms with Gasteiger partial charge in [-0.05, 0) is 0 Å². The first-order valence-electron chi connectivity index (χ1n) is 3.06. The van der Waals surface area contributed by atoms with Crippen LogP contribution in [0.4, 0.5) is 0 Å². The Hall–Kier alpha value is 0.461. The summed E-state index contributed by atoms with van der Waals surface area (Å²) >= 11 is 0. The zero-order valence-electron chi connectivity index (χ0n) is 7.49. The van der Waals surface area contributed by atoms with E-state index in [0.29, 0.717) is 0 Å². The van der Waals surface area contributed by atoms with Crippen LogP contribution in [0.2, 0.25) is 0 Å². The Labute approximate surface area is 120 Å². The minimum atomic E-state index is -4.59. The molecular formula is C4H10BaN3O5P+2. The molecule has 0 spiro atoms. The van der Waals surface area contributed by atoms with Crippen molar-refractivity contribution in [1.29, 1.82) is 0 Å². The van der Waals surface area contributed by atoms with Gasteiger partial charge < -0.3 is 25.5 Å². The van der Waals surface area contributed by atoms with Crippen molar-refractivity contribution in [2.45, 2.75) is 0 Å². The monoisotopic (exact) mass is 349 g/mol. The molecule has 0 aliphatic carbocycles. The van der Waals surface area contributed by atoms with E-state index in [1.165, 1.54) is 7.05 Å². The van der Waals surface area contributed by atoms with Crippen molar-refractivity contribution in [2.75, 3.05) is 13.6 Å². The normalized spacial score (nSPS) is 11.8. The number of aliphatic carboxylic acids is 1. The molecule has 0 rings (SSSR count). The van der Waals surface area contributed by atoms with Gasteiger partial charge in [-0.1, -0.05) is 0 Å². The second-order valence-corrected chi connectivity index (χ2v) is 3.45. The molecule has 0 saturated carbocycles. The zero-order chi connectivity index (χ0) is 10.6. The first-order chi connectivity index (χ1) is 5.72. The number of guanidine groups is 1. The van der Waals surface area contributed by atoms with Crippen LogP contribution in [0, 0.1) is 0 Å². The van der Waals surface area contributed by atoms with Crippen molar-refractivity contribution in [3.8, 4) is 0 Å². The van der Waals surface area contributed by atoms with Crippen LogP contribution >= 0.6 is 7.75 Å². The van der Waals surface area contributed by atoms with Gasteiger partial charge in [0, 0.05) is 7.05 Å². The maximum absolute atomic E-state index is 10.3. The maximum atomic E-state index is 10.3. The fraction of sp³-hybridized carbons (Fsp3) is 0.500. The Morgan fingerprint density at radius 3 is 2.29 bits per heavy atom. The Balaban J connectivity index is 0. The minimum absolute atomic E-state index is 0. The predicted molar refractivity (Wildman–Crippen MR) is 49.7 cm³/mol. The third kappa shape index (κ3) is 9.03. The number of carbonyl (C=O) groups is 1. The molecule has 0 amide bonds. The topological polar surface area (TPSA) is 136 Å². The molecule has 14 heavy (non-hydrogen) atoms. The van der Waals surface area contributed by atoms with E-state index in [1.807, 2.05) is 0 Å². The van der Waals surface area contributed by atoms with Gasteiger partial charge in [-0.25, -0.2) is 4.57 Å². The Bertz CT molecular complexity index is 276. The molecule has 0 saturated heterocycles. The predicted octanol–water partition coefficient (Wildman–Crippen LogP) is -1.97. The van der Waals surface area contributed by atoms with E-state index < -0.39 is 26.2 Å². The summed E-state index contributed by atoms with van der Waals surface area (Å²) in [5, 5.41) is 8.28. The summed E-state index contributed by atoms with van der Waals surface area (Å²) in [6.07, 6.45) is 0. The van der Waals surface area contributed by atoms with E-state index in [4.69, 9.17) is 20.6 Å². The van der Waals surface area contributed by atoms with Gasteiger partial charge in [0.25, 0.3) is 0 Å². The fourth-order valence-electron chi connectivity index (χ4n) is 0.494. The number of carboxylic acid groups (broad SMARTS) is 1. The minimum Gasteiger partial charge on any atom is -0.480 e. The van der Waals surface area contributed by atoms with Crippen molar-refractivity contribution in [3.05, 3.63) is 0 Å². The molecule has 0 aromatic rings. The zero-order valence-corrected chi connectivity index (χ0v) is 12.8. The van der Waals surface area contributed by atoms with Crippen molar-refractivity contribution < 1.29 is 24.3 Å². The van der Waals surface area contributed by atoms with Gasteiger partial charge in [-0.15, -0.1) is 4.76 Å². The van der Waals surface area contributed by atoms with Crippen LogP contribution in [0.1, 0.15) is 0 Å². The standard InChI is InChI=1S/C4H10N3O5P.Ba/c1-7(2-3(8)9)4(5)6-13(10,11)12;/h2H2,1H3,(H,8,9)(H4,5,6,10,11,12);/q;+2. The van der Waals surface area contributed by atoms with Gasteiger partial charge in [0.15, 0.2) is 0 Å². The van der Waals surface area contributed by atoms with E-state index in [0.717, 1.165) is 4.90 Å². The van der Waals surface area contributed by atoms with Gasteiger partial charge in [0.2, 0.25) is 5.96 Å². The Morgan fingerprint density at radius 2 is 2.00 bits per heavy atom. The SMILES string of the molecule is CN(CC(=O)O)/C(N)=N\P(=O)(O)O.[Ba+2]. The summed E-state index contributed by atoms with van der Waals surface area (Å²) in [6.45, 7) is -0.477. The molecule has 0 aromatic carbocycles. The van der Waals surface area contributed by atoms with Crippen molar-refractivity contribution in [3.63, 3.8) is 0 Å². The van der Waals surface area contributed by atoms with Gasteiger partial charge in [0.1, 0.15) is 6.54 Å². The van der Waals surface area contributed by atoms with Gasteiger partial charge in [0.05, 0.1) is 0 Å². The summed E-state index contributed by atoms with van der Waals surface area (Å²) in [6, 6.07) is 0. The van der Waals surface area contributed by atoms with Crippen LogP contribution in [0.3, 0.4) is 0 Å². The second-order valence-electron chi connectivity index (χ2n) is 2.22. The Morgan fingerprint density at radius 1 is 1.57 bits per heavy atom. The molecule has 0 radical (unpaired) electrons. The van der Waals surface area contributed by atoms with E-state index in [2.05, 4.69) is 4.76 Å². The maximum Gasteiger partial charge on any atom is 2.00 e. The molecule has 0 unspecified atom stereocenters. The van der Waals surface area contributed by atoms with Gasteiger partial charge in [-0.2, -0.15) is 0 Å². The molecule has 0 aromatic heterocycles. The quantitative estimate of drug-likeness (QED) is 0.201. The molecule has 0 fully saturated rings. The summed E-state index contributed by atoms with van der Waals surface area (Å²) in [4.78, 5) is 27.7. The summed E-state index contributed by atoms with van der Waals surface area (Å²) < 4.78 is 13.1.